The summed E-state index contributed by atoms with van der Waals surface area (Å²) in [5.41, 5.74) is 0. The minimum atomic E-state index is -0.521. The fourth-order valence-electron chi connectivity index (χ4n) is 3.38. The van der Waals surface area contributed by atoms with E-state index in [9.17, 15) is 4.21 Å². The van der Waals surface area contributed by atoms with Gasteiger partial charge in [-0.25, -0.2) is 0 Å². The summed E-state index contributed by atoms with van der Waals surface area (Å²) in [5.74, 6) is 3.57. The molecular weight excluding hydrogens is 218 g/mol. The van der Waals surface area contributed by atoms with Gasteiger partial charge in [-0.2, -0.15) is 0 Å². The van der Waals surface area contributed by atoms with Crippen molar-refractivity contribution in [2.45, 2.75) is 58.0 Å². The second kappa shape index (κ2) is 5.63. The monoisotopic (exact) mass is 243 g/mol. The molecule has 16 heavy (non-hydrogen) atoms. The van der Waals surface area contributed by atoms with Crippen LogP contribution in [0.3, 0.4) is 0 Å². The molecule has 2 unspecified atom stereocenters. The van der Waals surface area contributed by atoms with Crippen LogP contribution in [-0.2, 0) is 10.8 Å². The van der Waals surface area contributed by atoms with E-state index in [0.29, 0.717) is 6.04 Å². The Morgan fingerprint density at radius 1 is 0.938 bits per heavy atom. The van der Waals surface area contributed by atoms with Gasteiger partial charge < -0.3 is 5.32 Å². The van der Waals surface area contributed by atoms with E-state index in [1.54, 1.807) is 0 Å². The fraction of sp³-hybridized carbons (Fsp3) is 1.00. The van der Waals surface area contributed by atoms with Gasteiger partial charge in [-0.1, -0.05) is 13.8 Å². The molecule has 0 bridgehead atoms. The van der Waals surface area contributed by atoms with Crippen molar-refractivity contribution in [1.29, 1.82) is 0 Å². The zero-order valence-electron chi connectivity index (χ0n) is 10.6. The smallest absolute Gasteiger partial charge is 0.0249 e. The molecule has 94 valence electrons. The van der Waals surface area contributed by atoms with Crippen molar-refractivity contribution in [3.05, 3.63) is 0 Å². The standard InChI is InChI=1S/C13H25NOS/c1-10-7-11(2)9-13(8-10)14-12-3-5-16(15)6-4-12/h10-14H,3-9H2,1-2H3. The molecule has 0 aromatic rings. The van der Waals surface area contributed by atoms with Crippen LogP contribution in [0.4, 0.5) is 0 Å². The molecule has 1 N–H and O–H groups in total. The minimum Gasteiger partial charge on any atom is -0.311 e. The van der Waals surface area contributed by atoms with Gasteiger partial charge in [-0.05, 0) is 43.9 Å². The van der Waals surface area contributed by atoms with E-state index in [-0.39, 0.29) is 0 Å². The molecule has 2 atom stereocenters. The van der Waals surface area contributed by atoms with Crippen LogP contribution in [0.15, 0.2) is 0 Å². The van der Waals surface area contributed by atoms with Gasteiger partial charge in [0.05, 0.1) is 0 Å². The molecule has 0 spiro atoms. The van der Waals surface area contributed by atoms with Gasteiger partial charge in [0.15, 0.2) is 0 Å². The zero-order chi connectivity index (χ0) is 11.5. The lowest BCUT2D eigenvalue weighted by molar-refractivity contribution is 0.222. The van der Waals surface area contributed by atoms with Crippen LogP contribution in [0, 0.1) is 11.8 Å². The maximum absolute atomic E-state index is 11.3. The van der Waals surface area contributed by atoms with E-state index in [4.69, 9.17) is 0 Å². The van der Waals surface area contributed by atoms with Gasteiger partial charge in [0.1, 0.15) is 0 Å². The lowest BCUT2D eigenvalue weighted by atomic mass is 9.80. The number of hydrogen-bond acceptors (Lipinski definition) is 2. The molecule has 0 aromatic heterocycles. The molecule has 2 fully saturated rings. The molecule has 1 heterocycles. The summed E-state index contributed by atoms with van der Waals surface area (Å²) < 4.78 is 11.3. The summed E-state index contributed by atoms with van der Waals surface area (Å²) in [6.45, 7) is 4.75. The Balaban J connectivity index is 1.78. The predicted octanol–water partition coefficient (Wildman–Crippen LogP) is 2.31. The van der Waals surface area contributed by atoms with Crippen LogP contribution in [0.1, 0.15) is 46.0 Å². The first kappa shape index (κ1) is 12.6. The summed E-state index contributed by atoms with van der Waals surface area (Å²) >= 11 is 0. The number of nitrogens with one attached hydrogen (secondary N) is 1. The normalized spacial score (nSPS) is 45.5. The number of hydrogen-bond donors (Lipinski definition) is 1. The molecule has 2 rings (SSSR count). The molecule has 0 aromatic carbocycles. The van der Waals surface area contributed by atoms with Crippen LogP contribution in [0.5, 0.6) is 0 Å². The Morgan fingerprint density at radius 2 is 1.50 bits per heavy atom. The van der Waals surface area contributed by atoms with Crippen LogP contribution in [0.25, 0.3) is 0 Å². The summed E-state index contributed by atoms with van der Waals surface area (Å²) in [6.07, 6.45) is 6.30. The first-order valence-corrected chi connectivity index (χ1v) is 8.23. The lowest BCUT2D eigenvalue weighted by Gasteiger charge is -2.35. The second-order valence-electron chi connectivity index (χ2n) is 5.90. The van der Waals surface area contributed by atoms with Crippen molar-refractivity contribution >= 4 is 10.8 Å². The van der Waals surface area contributed by atoms with E-state index in [1.807, 2.05) is 0 Å². The molecule has 1 saturated heterocycles. The van der Waals surface area contributed by atoms with E-state index in [1.165, 1.54) is 19.3 Å². The lowest BCUT2D eigenvalue weighted by Crippen LogP contribution is -2.45. The van der Waals surface area contributed by atoms with Gasteiger partial charge in [0.25, 0.3) is 0 Å². The molecule has 1 aliphatic carbocycles. The molecule has 1 aliphatic heterocycles. The maximum atomic E-state index is 11.3. The average Bonchev–Trinajstić information content (AvgIpc) is 2.20. The number of rotatable bonds is 2. The van der Waals surface area contributed by atoms with Crippen molar-refractivity contribution in [3.8, 4) is 0 Å². The van der Waals surface area contributed by atoms with Gasteiger partial charge in [0.2, 0.25) is 0 Å². The summed E-state index contributed by atoms with van der Waals surface area (Å²) in [5, 5.41) is 3.80. The second-order valence-corrected chi connectivity index (χ2v) is 7.60. The molecule has 1 saturated carbocycles. The van der Waals surface area contributed by atoms with Gasteiger partial charge >= 0.3 is 0 Å². The van der Waals surface area contributed by atoms with Crippen LogP contribution in [0.2, 0.25) is 0 Å². The molecular formula is C13H25NOS. The highest BCUT2D eigenvalue weighted by atomic mass is 32.2. The Bertz CT molecular complexity index is 236. The van der Waals surface area contributed by atoms with Crippen LogP contribution < -0.4 is 5.32 Å². The van der Waals surface area contributed by atoms with Crippen molar-refractivity contribution < 1.29 is 4.21 Å². The molecule has 3 heteroatoms. The van der Waals surface area contributed by atoms with E-state index in [0.717, 1.165) is 42.2 Å². The van der Waals surface area contributed by atoms with Gasteiger partial charge in [-0.15, -0.1) is 0 Å². The Hall–Kier alpha value is 0.110. The average molecular weight is 243 g/mol. The van der Waals surface area contributed by atoms with Crippen molar-refractivity contribution in [2.24, 2.45) is 11.8 Å². The van der Waals surface area contributed by atoms with E-state index in [2.05, 4.69) is 19.2 Å². The first-order valence-electron chi connectivity index (χ1n) is 6.74. The fourth-order valence-corrected chi connectivity index (χ4v) is 4.68. The third-order valence-electron chi connectivity index (χ3n) is 4.04. The molecule has 2 nitrogen and oxygen atoms in total. The maximum Gasteiger partial charge on any atom is 0.0249 e. The Kier molecular flexibility index (Phi) is 4.42. The van der Waals surface area contributed by atoms with Crippen LogP contribution in [-0.4, -0.2) is 27.8 Å². The minimum absolute atomic E-state index is 0.521. The van der Waals surface area contributed by atoms with Gasteiger partial charge in [-0.3, -0.25) is 4.21 Å². The zero-order valence-corrected chi connectivity index (χ0v) is 11.4. The van der Waals surface area contributed by atoms with Crippen molar-refractivity contribution in [3.63, 3.8) is 0 Å². The molecule has 0 radical (unpaired) electrons. The first-order chi connectivity index (χ1) is 7.63. The third-order valence-corrected chi connectivity index (χ3v) is 5.42. The van der Waals surface area contributed by atoms with Crippen molar-refractivity contribution in [1.82, 2.24) is 5.32 Å². The Morgan fingerprint density at radius 3 is 2.06 bits per heavy atom. The summed E-state index contributed by atoms with van der Waals surface area (Å²) in [6, 6.07) is 1.36. The van der Waals surface area contributed by atoms with Crippen LogP contribution >= 0.6 is 0 Å². The molecule has 0 amide bonds. The largest absolute Gasteiger partial charge is 0.311 e. The Labute approximate surface area is 102 Å². The third kappa shape index (κ3) is 3.56. The van der Waals surface area contributed by atoms with E-state index < -0.39 is 10.8 Å². The predicted molar refractivity (Wildman–Crippen MR) is 70.0 cm³/mol. The SMILES string of the molecule is CC1CC(C)CC(NC2CCS(=O)CC2)C1. The van der Waals surface area contributed by atoms with E-state index >= 15 is 0 Å². The highest BCUT2D eigenvalue weighted by Crippen LogP contribution is 2.29. The topological polar surface area (TPSA) is 29.1 Å². The summed E-state index contributed by atoms with van der Waals surface area (Å²) in [7, 11) is -0.521. The van der Waals surface area contributed by atoms with Gasteiger partial charge in [0, 0.05) is 34.4 Å². The molecule has 2 aliphatic rings. The highest BCUT2D eigenvalue weighted by molar-refractivity contribution is 7.85. The quantitative estimate of drug-likeness (QED) is 0.806. The highest BCUT2D eigenvalue weighted by Gasteiger charge is 2.27. The summed E-state index contributed by atoms with van der Waals surface area (Å²) in [4.78, 5) is 0. The van der Waals surface area contributed by atoms with Crippen molar-refractivity contribution in [2.75, 3.05) is 11.5 Å².